The number of hydrogen-bond acceptors (Lipinski definition) is 5. The van der Waals surface area contributed by atoms with Gasteiger partial charge in [-0.15, -0.1) is 6.42 Å². The average molecular weight is 375 g/mol. The fraction of sp³-hybridized carbons (Fsp3) is 0.200. The van der Waals surface area contributed by atoms with Crippen LogP contribution in [0.5, 0.6) is 5.75 Å². The standard InChI is InChI=1S/C20H17N5O3/c1-3-14-9-10-24(22-14)17(13-7-5-4-6-8-13)15-12-23(2)20(28)18-19(27)16(26)11-21-25(15)18/h1,4-11,15,17,27H,12H2,2H3/t15?,17-/m1/s1. The van der Waals surface area contributed by atoms with Gasteiger partial charge in [-0.25, -0.2) is 4.68 Å². The maximum absolute atomic E-state index is 12.6. The molecular weight excluding hydrogens is 358 g/mol. The molecule has 1 aliphatic rings. The van der Waals surface area contributed by atoms with E-state index in [0.29, 0.717) is 12.2 Å². The zero-order valence-corrected chi connectivity index (χ0v) is 15.1. The second-order valence-corrected chi connectivity index (χ2v) is 6.58. The molecule has 0 saturated heterocycles. The molecule has 0 fully saturated rings. The smallest absolute Gasteiger partial charge is 0.275 e. The highest BCUT2D eigenvalue weighted by atomic mass is 16.3. The van der Waals surface area contributed by atoms with Gasteiger partial charge in [-0.2, -0.15) is 10.2 Å². The number of rotatable bonds is 3. The number of benzene rings is 1. The highest BCUT2D eigenvalue weighted by Gasteiger charge is 2.38. The zero-order valence-electron chi connectivity index (χ0n) is 15.1. The van der Waals surface area contributed by atoms with Crippen molar-refractivity contribution >= 4 is 5.91 Å². The van der Waals surface area contributed by atoms with Crippen molar-refractivity contribution in [2.75, 3.05) is 13.6 Å². The first-order chi connectivity index (χ1) is 13.5. The maximum Gasteiger partial charge on any atom is 0.275 e. The van der Waals surface area contributed by atoms with Gasteiger partial charge >= 0.3 is 0 Å². The van der Waals surface area contributed by atoms with E-state index in [0.717, 1.165) is 11.8 Å². The number of fused-ring (bicyclic) bond motifs is 1. The van der Waals surface area contributed by atoms with E-state index >= 15 is 0 Å². The molecule has 8 heteroatoms. The molecule has 0 radical (unpaired) electrons. The van der Waals surface area contributed by atoms with Crippen LogP contribution >= 0.6 is 0 Å². The number of hydrogen-bond donors (Lipinski definition) is 1. The third-order valence-corrected chi connectivity index (χ3v) is 4.86. The van der Waals surface area contributed by atoms with E-state index < -0.39 is 23.1 Å². The first-order valence-corrected chi connectivity index (χ1v) is 8.64. The number of aromatic nitrogens is 4. The number of carbonyl (C=O) groups excluding carboxylic acids is 1. The first-order valence-electron chi connectivity index (χ1n) is 8.64. The van der Waals surface area contributed by atoms with Crippen LogP contribution in [0.3, 0.4) is 0 Å². The van der Waals surface area contributed by atoms with Gasteiger partial charge in [0, 0.05) is 19.8 Å². The van der Waals surface area contributed by atoms with E-state index in [-0.39, 0.29) is 11.7 Å². The number of terminal acetylenes is 1. The highest BCUT2D eigenvalue weighted by molar-refractivity contribution is 5.95. The lowest BCUT2D eigenvalue weighted by atomic mass is 9.97. The van der Waals surface area contributed by atoms with E-state index in [4.69, 9.17) is 6.42 Å². The molecule has 28 heavy (non-hydrogen) atoms. The Labute approximate surface area is 160 Å². The van der Waals surface area contributed by atoms with Crippen LogP contribution in [0.2, 0.25) is 0 Å². The largest absolute Gasteiger partial charge is 0.502 e. The molecule has 3 heterocycles. The van der Waals surface area contributed by atoms with Crippen LogP contribution in [0.25, 0.3) is 0 Å². The Morgan fingerprint density at radius 1 is 1.25 bits per heavy atom. The van der Waals surface area contributed by atoms with E-state index in [1.165, 1.54) is 9.58 Å². The van der Waals surface area contributed by atoms with Crippen molar-refractivity contribution in [3.63, 3.8) is 0 Å². The minimum Gasteiger partial charge on any atom is -0.502 e. The second kappa shape index (κ2) is 6.70. The summed E-state index contributed by atoms with van der Waals surface area (Å²) in [7, 11) is 1.62. The van der Waals surface area contributed by atoms with Gasteiger partial charge in [0.1, 0.15) is 11.7 Å². The molecule has 1 aromatic carbocycles. The minimum atomic E-state index is -0.696. The van der Waals surface area contributed by atoms with Crippen molar-refractivity contribution in [3.05, 3.63) is 76.0 Å². The number of amides is 1. The Morgan fingerprint density at radius 2 is 2.00 bits per heavy atom. The third kappa shape index (κ3) is 2.74. The van der Waals surface area contributed by atoms with Crippen molar-refractivity contribution in [2.24, 2.45) is 0 Å². The van der Waals surface area contributed by atoms with Crippen LogP contribution in [-0.2, 0) is 0 Å². The lowest BCUT2D eigenvalue weighted by Gasteiger charge is -2.37. The summed E-state index contributed by atoms with van der Waals surface area (Å²) in [5, 5.41) is 18.9. The number of carbonyl (C=O) groups is 1. The summed E-state index contributed by atoms with van der Waals surface area (Å²) in [4.78, 5) is 25.9. The van der Waals surface area contributed by atoms with Crippen LogP contribution in [0.1, 0.15) is 33.8 Å². The fourth-order valence-electron chi connectivity index (χ4n) is 3.54. The monoisotopic (exact) mass is 375 g/mol. The van der Waals surface area contributed by atoms with Gasteiger partial charge < -0.3 is 10.0 Å². The first kappa shape index (κ1) is 17.5. The van der Waals surface area contributed by atoms with Gasteiger partial charge in [0.25, 0.3) is 5.91 Å². The van der Waals surface area contributed by atoms with E-state index in [1.807, 2.05) is 30.3 Å². The third-order valence-electron chi connectivity index (χ3n) is 4.86. The van der Waals surface area contributed by atoms with E-state index in [1.54, 1.807) is 24.0 Å². The second-order valence-electron chi connectivity index (χ2n) is 6.58. The van der Waals surface area contributed by atoms with E-state index in [9.17, 15) is 14.7 Å². The predicted octanol–water partition coefficient (Wildman–Crippen LogP) is 1.04. The number of likely N-dealkylation sites (N-methyl/N-ethyl adjacent to an activating group) is 1. The predicted molar refractivity (Wildman–Crippen MR) is 101 cm³/mol. The van der Waals surface area contributed by atoms with Crippen molar-refractivity contribution in [1.82, 2.24) is 24.5 Å². The molecule has 1 amide bonds. The van der Waals surface area contributed by atoms with E-state index in [2.05, 4.69) is 16.1 Å². The molecule has 1 N–H and O–H groups in total. The molecule has 1 aliphatic heterocycles. The molecule has 0 spiro atoms. The Balaban J connectivity index is 1.94. The fourth-order valence-corrected chi connectivity index (χ4v) is 3.54. The van der Waals surface area contributed by atoms with Gasteiger partial charge in [-0.3, -0.25) is 14.3 Å². The molecule has 0 saturated carbocycles. The lowest BCUT2D eigenvalue weighted by molar-refractivity contribution is 0.0667. The number of aromatic hydroxyl groups is 1. The van der Waals surface area contributed by atoms with Crippen LogP contribution < -0.4 is 5.43 Å². The van der Waals surface area contributed by atoms with Gasteiger partial charge in [0.2, 0.25) is 5.43 Å². The van der Waals surface area contributed by atoms with Crippen molar-refractivity contribution in [2.45, 2.75) is 12.1 Å². The van der Waals surface area contributed by atoms with Gasteiger partial charge in [0.05, 0.1) is 12.2 Å². The van der Waals surface area contributed by atoms with Gasteiger partial charge in [-0.1, -0.05) is 30.3 Å². The molecule has 0 aliphatic carbocycles. The minimum absolute atomic E-state index is 0.128. The zero-order chi connectivity index (χ0) is 19.8. The van der Waals surface area contributed by atoms with Crippen LogP contribution in [0, 0.1) is 12.3 Å². The van der Waals surface area contributed by atoms with Crippen molar-refractivity contribution in [3.8, 4) is 18.1 Å². The molecule has 0 bridgehead atoms. The maximum atomic E-state index is 12.6. The molecule has 140 valence electrons. The van der Waals surface area contributed by atoms with Gasteiger partial charge in [-0.05, 0) is 17.6 Å². The summed E-state index contributed by atoms with van der Waals surface area (Å²) in [6, 6.07) is 10.5. The molecule has 1 unspecified atom stereocenters. The summed E-state index contributed by atoms with van der Waals surface area (Å²) < 4.78 is 3.13. The SMILES string of the molecule is C#Cc1ccn([C@H](c2ccccc2)C2CN(C)C(=O)c3c(O)c(=O)cnn32)n1. The quantitative estimate of drug-likeness (QED) is 0.691. The number of nitrogens with zero attached hydrogens (tertiary/aromatic N) is 5. The summed E-state index contributed by atoms with van der Waals surface area (Å²) in [5.41, 5.74) is 0.583. The molecule has 4 rings (SSSR count). The molecule has 2 atom stereocenters. The Hall–Kier alpha value is -3.86. The normalized spacial score (nSPS) is 17.1. The Bertz CT molecular complexity index is 1140. The average Bonchev–Trinajstić information content (AvgIpc) is 3.18. The summed E-state index contributed by atoms with van der Waals surface area (Å²) in [5.74, 6) is 1.44. The molecule has 2 aromatic heterocycles. The molecular formula is C20H17N5O3. The van der Waals surface area contributed by atoms with Crippen LogP contribution in [0.15, 0.2) is 53.6 Å². The topological polar surface area (TPSA) is 93.3 Å². The summed E-state index contributed by atoms with van der Waals surface area (Å²) >= 11 is 0. The Kier molecular flexibility index (Phi) is 4.20. The van der Waals surface area contributed by atoms with Crippen molar-refractivity contribution in [1.29, 1.82) is 0 Å². The molecule has 8 nitrogen and oxygen atoms in total. The van der Waals surface area contributed by atoms with Crippen LogP contribution in [-0.4, -0.2) is 49.1 Å². The Morgan fingerprint density at radius 3 is 2.68 bits per heavy atom. The highest BCUT2D eigenvalue weighted by Crippen LogP contribution is 2.35. The van der Waals surface area contributed by atoms with Gasteiger partial charge in [0.15, 0.2) is 11.4 Å². The van der Waals surface area contributed by atoms with Crippen LogP contribution in [0.4, 0.5) is 0 Å². The molecule has 3 aromatic rings. The summed E-state index contributed by atoms with van der Waals surface area (Å²) in [6.45, 7) is 0.311. The van der Waals surface area contributed by atoms with Crippen molar-refractivity contribution < 1.29 is 9.90 Å². The summed E-state index contributed by atoms with van der Waals surface area (Å²) in [6.07, 6.45) is 8.26. The lowest BCUT2D eigenvalue weighted by Crippen LogP contribution is -2.46.